The lowest BCUT2D eigenvalue weighted by Gasteiger charge is -2.19. The molecule has 0 bridgehead atoms. The summed E-state index contributed by atoms with van der Waals surface area (Å²) in [6.45, 7) is 5.71. The largest absolute Gasteiger partial charge is 0.394 e. The number of nitrogens with zero attached hydrogens (tertiary/aromatic N) is 1. The van der Waals surface area contributed by atoms with Gasteiger partial charge in [-0.15, -0.1) is 0 Å². The van der Waals surface area contributed by atoms with Crippen molar-refractivity contribution in [3.05, 3.63) is 27.0 Å². The van der Waals surface area contributed by atoms with E-state index in [-0.39, 0.29) is 18.6 Å². The molecule has 1 aromatic rings. The van der Waals surface area contributed by atoms with E-state index in [1.807, 2.05) is 19.6 Å². The Hall–Kier alpha value is -1.22. The molecule has 2 heterocycles. The molecule has 8 heteroatoms. The van der Waals surface area contributed by atoms with E-state index in [0.717, 1.165) is 0 Å². The molecule has 3 atom stereocenters. The summed E-state index contributed by atoms with van der Waals surface area (Å²) < 4.78 is 6.75. The fourth-order valence-corrected chi connectivity index (χ4v) is 3.55. The SMILES string of the molecule is C[Si](C)(C)c1cn([C@@H]2C[C@H](O)[C@@H](CO)O2)c(=O)[nH]c1=O. The Bertz CT molecular complexity index is 603. The van der Waals surface area contributed by atoms with Crippen LogP contribution in [0.3, 0.4) is 0 Å². The Labute approximate surface area is 116 Å². The maximum absolute atomic E-state index is 11.9. The van der Waals surface area contributed by atoms with E-state index in [1.165, 1.54) is 10.8 Å². The number of hydrogen-bond donors (Lipinski definition) is 3. The molecular formula is C12H20N2O5Si. The molecule has 1 aromatic heterocycles. The minimum atomic E-state index is -1.90. The molecule has 20 heavy (non-hydrogen) atoms. The van der Waals surface area contributed by atoms with E-state index in [2.05, 4.69) is 4.98 Å². The average Bonchev–Trinajstić information content (AvgIpc) is 2.68. The van der Waals surface area contributed by atoms with E-state index >= 15 is 0 Å². The molecule has 1 aliphatic rings. The lowest BCUT2D eigenvalue weighted by molar-refractivity contribution is -0.0458. The van der Waals surface area contributed by atoms with Crippen LogP contribution in [0.25, 0.3) is 0 Å². The fraction of sp³-hybridized carbons (Fsp3) is 0.667. The summed E-state index contributed by atoms with van der Waals surface area (Å²) in [7, 11) is -1.90. The molecule has 1 saturated heterocycles. The normalized spacial score (nSPS) is 26.9. The molecule has 112 valence electrons. The molecule has 0 unspecified atom stereocenters. The Balaban J connectivity index is 2.43. The molecule has 0 aromatic carbocycles. The summed E-state index contributed by atoms with van der Waals surface area (Å²) in [5.74, 6) is 0. The van der Waals surface area contributed by atoms with Crippen molar-refractivity contribution in [1.82, 2.24) is 9.55 Å². The zero-order chi connectivity index (χ0) is 15.1. The third-order valence-corrected chi connectivity index (χ3v) is 5.44. The second-order valence-electron chi connectivity index (χ2n) is 6.07. The molecule has 0 aliphatic carbocycles. The van der Waals surface area contributed by atoms with Gasteiger partial charge in [-0.1, -0.05) is 19.6 Å². The molecule has 0 radical (unpaired) electrons. The van der Waals surface area contributed by atoms with Gasteiger partial charge in [-0.3, -0.25) is 14.3 Å². The number of aliphatic hydroxyl groups is 2. The van der Waals surface area contributed by atoms with Crippen LogP contribution in [-0.2, 0) is 4.74 Å². The summed E-state index contributed by atoms with van der Waals surface area (Å²) in [5, 5.41) is 19.4. The highest BCUT2D eigenvalue weighted by Gasteiger charge is 2.35. The van der Waals surface area contributed by atoms with Crippen molar-refractivity contribution in [2.75, 3.05) is 6.61 Å². The first-order chi connectivity index (χ1) is 9.24. The highest BCUT2D eigenvalue weighted by molar-refractivity contribution is 6.88. The van der Waals surface area contributed by atoms with Crippen molar-refractivity contribution < 1.29 is 14.9 Å². The summed E-state index contributed by atoms with van der Waals surface area (Å²) in [5.41, 5.74) is -0.921. The molecule has 3 N–H and O–H groups in total. The van der Waals surface area contributed by atoms with E-state index in [4.69, 9.17) is 9.84 Å². The van der Waals surface area contributed by atoms with Gasteiger partial charge < -0.3 is 14.9 Å². The lowest BCUT2D eigenvalue weighted by atomic mass is 10.2. The second kappa shape index (κ2) is 5.28. The number of aromatic amines is 1. The second-order valence-corrected chi connectivity index (χ2v) is 11.1. The summed E-state index contributed by atoms with van der Waals surface area (Å²) in [4.78, 5) is 26.1. The quantitative estimate of drug-likeness (QED) is 0.603. The van der Waals surface area contributed by atoms with Gasteiger partial charge >= 0.3 is 5.69 Å². The van der Waals surface area contributed by atoms with Crippen LogP contribution < -0.4 is 16.4 Å². The lowest BCUT2D eigenvalue weighted by Crippen LogP contribution is -2.52. The van der Waals surface area contributed by atoms with Gasteiger partial charge in [0, 0.05) is 17.8 Å². The Morgan fingerprint density at radius 2 is 2.10 bits per heavy atom. The van der Waals surface area contributed by atoms with Gasteiger partial charge in [0.25, 0.3) is 5.56 Å². The van der Waals surface area contributed by atoms with E-state index in [0.29, 0.717) is 5.19 Å². The first-order valence-electron chi connectivity index (χ1n) is 6.54. The first-order valence-corrected chi connectivity index (χ1v) is 10.0. The van der Waals surface area contributed by atoms with Crippen molar-refractivity contribution in [1.29, 1.82) is 0 Å². The first kappa shape index (κ1) is 15.2. The highest BCUT2D eigenvalue weighted by atomic mass is 28.3. The minimum absolute atomic E-state index is 0.211. The van der Waals surface area contributed by atoms with E-state index in [9.17, 15) is 14.7 Å². The number of hydrogen-bond acceptors (Lipinski definition) is 5. The van der Waals surface area contributed by atoms with Gasteiger partial charge in [-0.25, -0.2) is 4.79 Å². The predicted octanol–water partition coefficient (Wildman–Crippen LogP) is -1.28. The summed E-state index contributed by atoms with van der Waals surface area (Å²) in [6.07, 6.45) is -0.442. The van der Waals surface area contributed by atoms with Gasteiger partial charge in [-0.05, 0) is 0 Å². The van der Waals surface area contributed by atoms with Crippen molar-refractivity contribution in [2.24, 2.45) is 0 Å². The van der Waals surface area contributed by atoms with Gasteiger partial charge in [0.2, 0.25) is 0 Å². The zero-order valence-corrected chi connectivity index (χ0v) is 12.8. The van der Waals surface area contributed by atoms with Gasteiger partial charge in [0.15, 0.2) is 0 Å². The summed E-state index contributed by atoms with van der Waals surface area (Å²) in [6, 6.07) is 0. The van der Waals surface area contributed by atoms with Crippen molar-refractivity contribution in [3.8, 4) is 0 Å². The maximum atomic E-state index is 11.9. The molecule has 0 amide bonds. The van der Waals surface area contributed by atoms with Gasteiger partial charge in [-0.2, -0.15) is 0 Å². The van der Waals surface area contributed by atoms with E-state index in [1.54, 1.807) is 0 Å². The van der Waals surface area contributed by atoms with Crippen LogP contribution in [0.2, 0.25) is 19.6 Å². The molecular weight excluding hydrogens is 280 g/mol. The van der Waals surface area contributed by atoms with Crippen LogP contribution >= 0.6 is 0 Å². The predicted molar refractivity (Wildman–Crippen MR) is 75.9 cm³/mol. The third-order valence-electron chi connectivity index (χ3n) is 3.47. The van der Waals surface area contributed by atoms with Crippen LogP contribution in [-0.4, -0.2) is 46.7 Å². The number of aromatic nitrogens is 2. The molecule has 2 rings (SSSR count). The Morgan fingerprint density at radius 1 is 1.45 bits per heavy atom. The van der Waals surface area contributed by atoms with Crippen LogP contribution in [0.1, 0.15) is 12.6 Å². The number of aliphatic hydroxyl groups excluding tert-OH is 2. The minimum Gasteiger partial charge on any atom is -0.394 e. The molecule has 1 fully saturated rings. The monoisotopic (exact) mass is 300 g/mol. The fourth-order valence-electron chi connectivity index (χ4n) is 2.28. The smallest absolute Gasteiger partial charge is 0.330 e. The maximum Gasteiger partial charge on any atom is 0.330 e. The Kier molecular flexibility index (Phi) is 4.01. The number of nitrogens with one attached hydrogen (secondary N) is 1. The van der Waals surface area contributed by atoms with E-state index < -0.39 is 32.2 Å². The number of rotatable bonds is 3. The van der Waals surface area contributed by atoms with Crippen molar-refractivity contribution in [3.63, 3.8) is 0 Å². The summed E-state index contributed by atoms with van der Waals surface area (Å²) >= 11 is 0. The molecule has 0 saturated carbocycles. The molecule has 1 aliphatic heterocycles. The number of H-pyrrole nitrogens is 1. The highest BCUT2D eigenvalue weighted by Crippen LogP contribution is 2.26. The molecule has 0 spiro atoms. The standard InChI is InChI=1S/C12H20N2O5Si/c1-20(2,3)9-5-14(12(18)13-11(9)17)10-4-7(16)8(6-15)19-10/h5,7-8,10,15-16H,4,6H2,1-3H3,(H,13,17,18)/t7-,8+,10-/m0/s1. The van der Waals surface area contributed by atoms with Crippen molar-refractivity contribution >= 4 is 13.3 Å². The van der Waals surface area contributed by atoms with Crippen molar-refractivity contribution in [2.45, 2.75) is 44.5 Å². The third kappa shape index (κ3) is 2.78. The molecule has 7 nitrogen and oxygen atoms in total. The topological polar surface area (TPSA) is 105 Å². The number of ether oxygens (including phenoxy) is 1. The zero-order valence-electron chi connectivity index (χ0n) is 11.8. The van der Waals surface area contributed by atoms with Crippen LogP contribution in [0.4, 0.5) is 0 Å². The Morgan fingerprint density at radius 3 is 2.60 bits per heavy atom. The van der Waals surface area contributed by atoms with Crippen LogP contribution in [0.15, 0.2) is 15.8 Å². The average molecular weight is 300 g/mol. The van der Waals surface area contributed by atoms with Crippen LogP contribution in [0.5, 0.6) is 0 Å². The van der Waals surface area contributed by atoms with Gasteiger partial charge in [0.05, 0.1) is 20.8 Å². The van der Waals surface area contributed by atoms with Crippen LogP contribution in [0, 0.1) is 0 Å². The van der Waals surface area contributed by atoms with Gasteiger partial charge in [0.1, 0.15) is 12.3 Å².